The Labute approximate surface area is 159 Å². The maximum atomic E-state index is 12.8. The van der Waals surface area contributed by atoms with E-state index in [1.165, 1.54) is 0 Å². The molecule has 0 aromatic heterocycles. The van der Waals surface area contributed by atoms with Gasteiger partial charge in [-0.1, -0.05) is 31.9 Å². The van der Waals surface area contributed by atoms with Gasteiger partial charge in [-0.05, 0) is 43.4 Å². The van der Waals surface area contributed by atoms with Crippen LogP contribution in [0, 0.1) is 12.8 Å². The molecule has 1 saturated heterocycles. The summed E-state index contributed by atoms with van der Waals surface area (Å²) in [4.78, 5) is 38.1. The minimum atomic E-state index is -0.857. The Hall–Kier alpha value is -2.57. The van der Waals surface area contributed by atoms with Gasteiger partial charge in [0.05, 0.1) is 0 Å². The van der Waals surface area contributed by atoms with Crippen molar-refractivity contribution in [1.29, 1.82) is 0 Å². The van der Waals surface area contributed by atoms with Crippen LogP contribution in [-0.2, 0) is 14.3 Å². The summed E-state index contributed by atoms with van der Waals surface area (Å²) in [5.41, 5.74) is 0.220. The van der Waals surface area contributed by atoms with Crippen LogP contribution in [0.5, 0.6) is 5.75 Å². The molecule has 27 heavy (non-hydrogen) atoms. The van der Waals surface area contributed by atoms with E-state index < -0.39 is 17.5 Å². The van der Waals surface area contributed by atoms with Gasteiger partial charge >= 0.3 is 12.0 Å². The third kappa shape index (κ3) is 4.07. The highest BCUT2D eigenvalue weighted by Crippen LogP contribution is 2.38. The molecule has 1 saturated carbocycles. The van der Waals surface area contributed by atoms with Crippen molar-refractivity contribution >= 4 is 17.9 Å². The van der Waals surface area contributed by atoms with Gasteiger partial charge in [-0.2, -0.15) is 0 Å². The molecular weight excluding hydrogens is 348 g/mol. The maximum absolute atomic E-state index is 12.8. The number of ether oxygens (including phenoxy) is 2. The average Bonchev–Trinajstić information content (AvgIpc) is 2.86. The summed E-state index contributed by atoms with van der Waals surface area (Å²) in [6.07, 6.45) is 3.45. The number of benzene rings is 1. The number of urea groups is 1. The molecule has 2 atom stereocenters. The highest BCUT2D eigenvalue weighted by molar-refractivity contribution is 6.08. The van der Waals surface area contributed by atoms with E-state index in [-0.39, 0.29) is 31.6 Å². The topological polar surface area (TPSA) is 84.9 Å². The SMILES string of the molecule is Cc1cccc(OCCOC(=O)CN2C(=O)N[C@@]3(CCCC[C@H]3C)C2=O)c1. The van der Waals surface area contributed by atoms with E-state index in [1.807, 2.05) is 38.1 Å². The predicted molar refractivity (Wildman–Crippen MR) is 98.2 cm³/mol. The second kappa shape index (κ2) is 7.98. The summed E-state index contributed by atoms with van der Waals surface area (Å²) in [5, 5.41) is 2.82. The van der Waals surface area contributed by atoms with E-state index in [9.17, 15) is 14.4 Å². The first-order valence-electron chi connectivity index (χ1n) is 9.41. The van der Waals surface area contributed by atoms with Gasteiger partial charge in [-0.3, -0.25) is 14.5 Å². The molecular formula is C20H26N2O5. The quantitative estimate of drug-likeness (QED) is 0.470. The number of imide groups is 1. The molecule has 146 valence electrons. The minimum absolute atomic E-state index is 0.0535. The van der Waals surface area contributed by atoms with Gasteiger partial charge in [0.15, 0.2) is 0 Å². The van der Waals surface area contributed by atoms with Crippen molar-refractivity contribution in [3.05, 3.63) is 29.8 Å². The van der Waals surface area contributed by atoms with Gasteiger partial charge in [0.1, 0.15) is 31.0 Å². The zero-order valence-electron chi connectivity index (χ0n) is 15.8. The monoisotopic (exact) mass is 374 g/mol. The summed E-state index contributed by atoms with van der Waals surface area (Å²) in [6.45, 7) is 3.82. The second-order valence-electron chi connectivity index (χ2n) is 7.33. The van der Waals surface area contributed by atoms with Crippen LogP contribution in [-0.4, -0.2) is 48.1 Å². The first-order chi connectivity index (χ1) is 12.9. The summed E-state index contributed by atoms with van der Waals surface area (Å²) in [6, 6.07) is 7.05. The number of carbonyl (C=O) groups is 3. The normalized spacial score (nSPS) is 24.8. The van der Waals surface area contributed by atoms with Crippen LogP contribution in [0.25, 0.3) is 0 Å². The van der Waals surface area contributed by atoms with Crippen LogP contribution >= 0.6 is 0 Å². The van der Waals surface area contributed by atoms with Crippen LogP contribution in [0.2, 0.25) is 0 Å². The molecule has 7 heteroatoms. The number of nitrogens with zero attached hydrogens (tertiary/aromatic N) is 1. The number of amides is 3. The first kappa shape index (κ1) is 19.2. The fourth-order valence-electron chi connectivity index (χ4n) is 3.83. The van der Waals surface area contributed by atoms with Gasteiger partial charge in [0.2, 0.25) is 0 Å². The molecule has 3 rings (SSSR count). The molecule has 3 amide bonds. The lowest BCUT2D eigenvalue weighted by Crippen LogP contribution is -2.54. The van der Waals surface area contributed by atoms with Gasteiger partial charge in [-0.15, -0.1) is 0 Å². The lowest BCUT2D eigenvalue weighted by Gasteiger charge is -2.36. The molecule has 1 aliphatic heterocycles. The Morgan fingerprint density at radius 1 is 1.30 bits per heavy atom. The number of esters is 1. The fourth-order valence-corrected chi connectivity index (χ4v) is 3.83. The number of aryl methyl sites for hydroxylation is 1. The van der Waals surface area contributed by atoms with Crippen molar-refractivity contribution in [2.24, 2.45) is 5.92 Å². The Bertz CT molecular complexity index is 735. The van der Waals surface area contributed by atoms with E-state index in [4.69, 9.17) is 9.47 Å². The van der Waals surface area contributed by atoms with Crippen LogP contribution in [0.1, 0.15) is 38.2 Å². The maximum Gasteiger partial charge on any atom is 0.326 e. The first-order valence-corrected chi connectivity index (χ1v) is 9.41. The van der Waals surface area contributed by atoms with Crippen molar-refractivity contribution in [3.8, 4) is 5.75 Å². The highest BCUT2D eigenvalue weighted by Gasteiger charge is 2.55. The zero-order chi connectivity index (χ0) is 19.4. The molecule has 0 radical (unpaired) electrons. The molecule has 0 bridgehead atoms. The molecule has 1 N–H and O–H groups in total. The van der Waals surface area contributed by atoms with E-state index in [1.54, 1.807) is 0 Å². The van der Waals surface area contributed by atoms with Crippen LogP contribution in [0.3, 0.4) is 0 Å². The Morgan fingerprint density at radius 3 is 2.85 bits per heavy atom. The van der Waals surface area contributed by atoms with Gasteiger partial charge in [0.25, 0.3) is 5.91 Å². The number of hydrogen-bond donors (Lipinski definition) is 1. The molecule has 1 spiro atoms. The summed E-state index contributed by atoms with van der Waals surface area (Å²) < 4.78 is 10.6. The van der Waals surface area contributed by atoms with Crippen LogP contribution in [0.15, 0.2) is 24.3 Å². The molecule has 2 fully saturated rings. The number of nitrogens with one attached hydrogen (secondary N) is 1. The zero-order valence-corrected chi connectivity index (χ0v) is 15.8. The lowest BCUT2D eigenvalue weighted by molar-refractivity contribution is -0.149. The van der Waals surface area contributed by atoms with Gasteiger partial charge < -0.3 is 14.8 Å². The lowest BCUT2D eigenvalue weighted by atomic mass is 9.73. The van der Waals surface area contributed by atoms with E-state index in [0.29, 0.717) is 12.2 Å². The predicted octanol–water partition coefficient (Wildman–Crippen LogP) is 2.42. The molecule has 7 nitrogen and oxygen atoms in total. The standard InChI is InChI=1S/C20H26N2O5/c1-14-6-5-8-16(12-14)26-10-11-27-17(23)13-22-18(24)20(21-19(22)25)9-4-3-7-15(20)2/h5-6,8,12,15H,3-4,7,9-11,13H2,1-2H3,(H,21,25)/t15-,20-/m1/s1. The smallest absolute Gasteiger partial charge is 0.326 e. The van der Waals surface area contributed by atoms with Gasteiger partial charge in [-0.25, -0.2) is 4.79 Å². The molecule has 0 unspecified atom stereocenters. The molecule has 1 aliphatic carbocycles. The number of rotatable bonds is 6. The van der Waals surface area contributed by atoms with Crippen molar-refractivity contribution in [3.63, 3.8) is 0 Å². The molecule has 1 aromatic carbocycles. The summed E-state index contributed by atoms with van der Waals surface area (Å²) in [5.74, 6) is -0.167. The van der Waals surface area contributed by atoms with Crippen molar-refractivity contribution in [1.82, 2.24) is 10.2 Å². The Balaban J connectivity index is 1.47. The van der Waals surface area contributed by atoms with Gasteiger partial charge in [0, 0.05) is 0 Å². The largest absolute Gasteiger partial charge is 0.490 e. The second-order valence-corrected chi connectivity index (χ2v) is 7.33. The summed E-state index contributed by atoms with van der Waals surface area (Å²) >= 11 is 0. The molecule has 1 heterocycles. The van der Waals surface area contributed by atoms with Crippen LogP contribution in [0.4, 0.5) is 4.79 Å². The third-order valence-corrected chi connectivity index (χ3v) is 5.39. The Kier molecular flexibility index (Phi) is 5.68. The minimum Gasteiger partial charge on any atom is -0.490 e. The van der Waals surface area contributed by atoms with Crippen molar-refractivity contribution in [2.45, 2.75) is 45.1 Å². The number of carbonyl (C=O) groups excluding carboxylic acids is 3. The van der Waals surface area contributed by atoms with Crippen LogP contribution < -0.4 is 10.1 Å². The molecule has 1 aromatic rings. The summed E-state index contributed by atoms with van der Waals surface area (Å²) in [7, 11) is 0. The van der Waals surface area contributed by atoms with E-state index in [2.05, 4.69) is 5.32 Å². The highest BCUT2D eigenvalue weighted by atomic mass is 16.6. The third-order valence-electron chi connectivity index (χ3n) is 5.39. The molecule has 2 aliphatic rings. The van der Waals surface area contributed by atoms with Crippen molar-refractivity contribution in [2.75, 3.05) is 19.8 Å². The van der Waals surface area contributed by atoms with E-state index in [0.717, 1.165) is 29.7 Å². The Morgan fingerprint density at radius 2 is 2.11 bits per heavy atom. The number of hydrogen-bond acceptors (Lipinski definition) is 5. The van der Waals surface area contributed by atoms with Crippen molar-refractivity contribution < 1.29 is 23.9 Å². The van der Waals surface area contributed by atoms with E-state index >= 15 is 0 Å². The average molecular weight is 374 g/mol. The fraction of sp³-hybridized carbons (Fsp3) is 0.550.